The van der Waals surface area contributed by atoms with Gasteiger partial charge in [-0.15, -0.1) is 0 Å². The van der Waals surface area contributed by atoms with Crippen molar-refractivity contribution < 1.29 is 22.7 Å². The lowest BCUT2D eigenvalue weighted by atomic mass is 10.0. The number of methoxy groups -OCH3 is 2. The first-order valence-corrected chi connectivity index (χ1v) is 12.0. The molecule has 3 rings (SSSR count). The molecule has 0 radical (unpaired) electrons. The van der Waals surface area contributed by atoms with Crippen molar-refractivity contribution >= 4 is 15.9 Å². The average molecular weight is 469 g/mol. The molecule has 33 heavy (non-hydrogen) atoms. The predicted octanol–water partition coefficient (Wildman–Crippen LogP) is 3.47. The highest BCUT2D eigenvalue weighted by molar-refractivity contribution is 7.89. The standard InChI is InChI=1S/C25H28N2O5S/c1-18(20-14-15-23(31-2)24(17-20)32-3)26-25(28)22(16-19-10-6-4-7-11-19)27-33(29,30)21-12-8-5-9-13-21/h4-15,17-18,22,27H,16H2,1-3H3,(H,26,28)/t18-,22-/m0/s1. The highest BCUT2D eigenvalue weighted by Crippen LogP contribution is 2.30. The van der Waals surface area contributed by atoms with Gasteiger partial charge < -0.3 is 14.8 Å². The molecule has 3 aromatic carbocycles. The molecule has 0 unspecified atom stereocenters. The number of carbonyl (C=O) groups is 1. The summed E-state index contributed by atoms with van der Waals surface area (Å²) in [4.78, 5) is 13.3. The van der Waals surface area contributed by atoms with E-state index in [-0.39, 0.29) is 11.3 Å². The van der Waals surface area contributed by atoms with Crippen molar-refractivity contribution in [3.05, 3.63) is 90.0 Å². The van der Waals surface area contributed by atoms with Gasteiger partial charge in [-0.2, -0.15) is 4.72 Å². The molecule has 0 aliphatic carbocycles. The summed E-state index contributed by atoms with van der Waals surface area (Å²) in [6.45, 7) is 1.82. The molecule has 3 aromatic rings. The van der Waals surface area contributed by atoms with Crippen molar-refractivity contribution in [2.75, 3.05) is 14.2 Å². The lowest BCUT2D eigenvalue weighted by Gasteiger charge is -2.22. The summed E-state index contributed by atoms with van der Waals surface area (Å²) in [6.07, 6.45) is 0.206. The van der Waals surface area contributed by atoms with Gasteiger partial charge in [-0.05, 0) is 48.7 Å². The fourth-order valence-corrected chi connectivity index (χ4v) is 4.63. The SMILES string of the molecule is COc1ccc([C@H](C)NC(=O)[C@H](Cc2ccccc2)NS(=O)(=O)c2ccccc2)cc1OC. The van der Waals surface area contributed by atoms with Crippen LogP contribution in [0.4, 0.5) is 0 Å². The topological polar surface area (TPSA) is 93.7 Å². The van der Waals surface area contributed by atoms with E-state index >= 15 is 0 Å². The van der Waals surface area contributed by atoms with Crippen LogP contribution in [0.15, 0.2) is 83.8 Å². The molecular formula is C25H28N2O5S. The second-order valence-corrected chi connectivity index (χ2v) is 9.24. The van der Waals surface area contributed by atoms with E-state index in [4.69, 9.17) is 9.47 Å². The maximum Gasteiger partial charge on any atom is 0.241 e. The van der Waals surface area contributed by atoms with E-state index < -0.39 is 28.0 Å². The lowest BCUT2D eigenvalue weighted by Crippen LogP contribution is -2.48. The summed E-state index contributed by atoms with van der Waals surface area (Å²) in [7, 11) is -0.800. The zero-order chi connectivity index (χ0) is 23.8. The number of amides is 1. The second kappa shape index (κ2) is 11.0. The number of nitrogens with one attached hydrogen (secondary N) is 2. The van der Waals surface area contributed by atoms with E-state index in [1.165, 1.54) is 12.1 Å². The van der Waals surface area contributed by atoms with Crippen molar-refractivity contribution in [1.82, 2.24) is 10.0 Å². The van der Waals surface area contributed by atoms with Crippen LogP contribution < -0.4 is 19.5 Å². The molecule has 2 N–H and O–H groups in total. The number of ether oxygens (including phenoxy) is 2. The Morgan fingerprint density at radius 2 is 1.48 bits per heavy atom. The first kappa shape index (κ1) is 24.3. The Kier molecular flexibility index (Phi) is 8.08. The first-order valence-electron chi connectivity index (χ1n) is 10.5. The molecule has 0 fully saturated rings. The molecule has 0 heterocycles. The van der Waals surface area contributed by atoms with E-state index in [0.29, 0.717) is 11.5 Å². The van der Waals surface area contributed by atoms with Crippen molar-refractivity contribution in [1.29, 1.82) is 0 Å². The van der Waals surface area contributed by atoms with Crippen molar-refractivity contribution in [2.45, 2.75) is 30.3 Å². The number of carbonyl (C=O) groups excluding carboxylic acids is 1. The van der Waals surface area contributed by atoms with E-state index in [2.05, 4.69) is 10.0 Å². The number of benzene rings is 3. The third-order valence-corrected chi connectivity index (χ3v) is 6.70. The molecule has 1 amide bonds. The lowest BCUT2D eigenvalue weighted by molar-refractivity contribution is -0.123. The Labute approximate surface area is 194 Å². The fraction of sp³-hybridized carbons (Fsp3) is 0.240. The van der Waals surface area contributed by atoms with E-state index in [1.807, 2.05) is 43.3 Å². The molecule has 8 heteroatoms. The van der Waals surface area contributed by atoms with E-state index in [1.54, 1.807) is 44.6 Å². The van der Waals surface area contributed by atoms with Gasteiger partial charge in [0.1, 0.15) is 6.04 Å². The summed E-state index contributed by atoms with van der Waals surface area (Å²) in [5.74, 6) is 0.694. The highest BCUT2D eigenvalue weighted by atomic mass is 32.2. The largest absolute Gasteiger partial charge is 0.493 e. The normalized spacial score (nSPS) is 13.1. The third kappa shape index (κ3) is 6.34. The summed E-state index contributed by atoms with van der Waals surface area (Å²) in [6, 6.07) is 21.3. The summed E-state index contributed by atoms with van der Waals surface area (Å²) in [5, 5.41) is 2.92. The quantitative estimate of drug-likeness (QED) is 0.475. The number of hydrogen-bond donors (Lipinski definition) is 2. The van der Waals surface area contributed by atoms with Crippen LogP contribution in [-0.4, -0.2) is 34.6 Å². The van der Waals surface area contributed by atoms with E-state index in [0.717, 1.165) is 11.1 Å². The maximum absolute atomic E-state index is 13.2. The Bertz CT molecular complexity index is 1170. The summed E-state index contributed by atoms with van der Waals surface area (Å²) < 4.78 is 39.0. The molecule has 0 aliphatic rings. The zero-order valence-corrected chi connectivity index (χ0v) is 19.6. The Morgan fingerprint density at radius 3 is 2.09 bits per heavy atom. The van der Waals surface area contributed by atoms with Crippen LogP contribution in [0.2, 0.25) is 0 Å². The average Bonchev–Trinajstić information content (AvgIpc) is 2.84. The minimum absolute atomic E-state index is 0.101. The van der Waals surface area contributed by atoms with Crippen LogP contribution in [0.5, 0.6) is 11.5 Å². The number of sulfonamides is 1. The van der Waals surface area contributed by atoms with Crippen LogP contribution in [0.1, 0.15) is 24.1 Å². The van der Waals surface area contributed by atoms with Gasteiger partial charge >= 0.3 is 0 Å². The Morgan fingerprint density at radius 1 is 0.879 bits per heavy atom. The van der Waals surface area contributed by atoms with Crippen LogP contribution in [0.3, 0.4) is 0 Å². The molecule has 0 saturated heterocycles. The van der Waals surface area contributed by atoms with Crippen LogP contribution in [0, 0.1) is 0 Å². The molecule has 0 aromatic heterocycles. The molecule has 0 bridgehead atoms. The van der Waals surface area contributed by atoms with Crippen LogP contribution >= 0.6 is 0 Å². The zero-order valence-electron chi connectivity index (χ0n) is 18.8. The predicted molar refractivity (Wildman–Crippen MR) is 127 cm³/mol. The highest BCUT2D eigenvalue weighted by Gasteiger charge is 2.27. The van der Waals surface area contributed by atoms with Gasteiger partial charge in [0.25, 0.3) is 0 Å². The summed E-state index contributed by atoms with van der Waals surface area (Å²) >= 11 is 0. The monoisotopic (exact) mass is 468 g/mol. The van der Waals surface area contributed by atoms with E-state index in [9.17, 15) is 13.2 Å². The molecule has 174 valence electrons. The molecule has 7 nitrogen and oxygen atoms in total. The van der Waals surface area contributed by atoms with Crippen molar-refractivity contribution in [3.63, 3.8) is 0 Å². The smallest absolute Gasteiger partial charge is 0.241 e. The molecular weight excluding hydrogens is 440 g/mol. The maximum atomic E-state index is 13.2. The second-order valence-electron chi connectivity index (χ2n) is 7.52. The third-order valence-electron chi connectivity index (χ3n) is 5.22. The van der Waals surface area contributed by atoms with Crippen molar-refractivity contribution in [3.8, 4) is 11.5 Å². The van der Waals surface area contributed by atoms with Gasteiger partial charge in [0, 0.05) is 0 Å². The molecule has 2 atom stereocenters. The molecule has 0 aliphatic heterocycles. The van der Waals surface area contributed by atoms with Gasteiger partial charge in [0.15, 0.2) is 11.5 Å². The van der Waals surface area contributed by atoms with Gasteiger partial charge in [-0.3, -0.25) is 4.79 Å². The van der Waals surface area contributed by atoms with Crippen LogP contribution in [0.25, 0.3) is 0 Å². The Hall–Kier alpha value is -3.36. The molecule has 0 saturated carbocycles. The fourth-order valence-electron chi connectivity index (χ4n) is 3.41. The summed E-state index contributed by atoms with van der Waals surface area (Å²) in [5.41, 5.74) is 1.64. The van der Waals surface area contributed by atoms with Gasteiger partial charge in [-0.1, -0.05) is 54.6 Å². The minimum Gasteiger partial charge on any atom is -0.493 e. The van der Waals surface area contributed by atoms with Gasteiger partial charge in [-0.25, -0.2) is 8.42 Å². The number of rotatable bonds is 10. The first-order chi connectivity index (χ1) is 15.8. The van der Waals surface area contributed by atoms with Crippen molar-refractivity contribution in [2.24, 2.45) is 0 Å². The Balaban J connectivity index is 1.83. The van der Waals surface area contributed by atoms with Gasteiger partial charge in [0.2, 0.25) is 15.9 Å². The number of hydrogen-bond acceptors (Lipinski definition) is 5. The van der Waals surface area contributed by atoms with Crippen LogP contribution in [-0.2, 0) is 21.2 Å². The molecule has 0 spiro atoms. The minimum atomic E-state index is -3.89. The van der Waals surface area contributed by atoms with Gasteiger partial charge in [0.05, 0.1) is 25.2 Å².